The first kappa shape index (κ1) is 19.8. The molecule has 1 aliphatic rings. The number of fused-ring (bicyclic) bond motifs is 1. The van der Waals surface area contributed by atoms with Crippen molar-refractivity contribution in [1.82, 2.24) is 19.3 Å². The highest BCUT2D eigenvalue weighted by Gasteiger charge is 2.23. The summed E-state index contributed by atoms with van der Waals surface area (Å²) < 4.78 is 9.69. The molecule has 2 aromatic carbocycles. The predicted molar refractivity (Wildman–Crippen MR) is 120 cm³/mol. The minimum absolute atomic E-state index is 0.139. The molecule has 31 heavy (non-hydrogen) atoms. The largest absolute Gasteiger partial charge is 0.376 e. The maximum absolute atomic E-state index is 12.8. The number of aryl methyl sites for hydroxylation is 1. The fraction of sp³-hybridized carbons (Fsp3) is 0.261. The number of rotatable bonds is 5. The van der Waals surface area contributed by atoms with Crippen LogP contribution in [-0.2, 0) is 11.3 Å². The molecule has 0 bridgehead atoms. The van der Waals surface area contributed by atoms with Crippen molar-refractivity contribution in [2.75, 3.05) is 11.9 Å². The minimum atomic E-state index is -0.236. The number of hydrogen-bond acceptors (Lipinski definition) is 4. The second-order valence-electron chi connectivity index (χ2n) is 7.69. The van der Waals surface area contributed by atoms with Crippen LogP contribution in [0.1, 0.15) is 28.9 Å². The zero-order chi connectivity index (χ0) is 21.4. The van der Waals surface area contributed by atoms with Crippen molar-refractivity contribution in [3.8, 4) is 5.95 Å². The summed E-state index contributed by atoms with van der Waals surface area (Å²) in [6, 6.07) is 16.6. The first-order chi connectivity index (χ1) is 15.1. The lowest BCUT2D eigenvalue weighted by Crippen LogP contribution is -2.20. The Morgan fingerprint density at radius 2 is 2.03 bits per heavy atom. The summed E-state index contributed by atoms with van der Waals surface area (Å²) in [6.07, 6.45) is 2.22. The normalized spacial score (nSPS) is 16.1. The van der Waals surface area contributed by atoms with E-state index in [1.807, 2.05) is 37.3 Å². The lowest BCUT2D eigenvalue weighted by molar-refractivity contribution is 0.0976. The summed E-state index contributed by atoms with van der Waals surface area (Å²) in [4.78, 5) is 17.6. The Balaban J connectivity index is 1.54. The quantitative estimate of drug-likeness (QED) is 0.496. The number of ether oxygens (including phenoxy) is 1. The van der Waals surface area contributed by atoms with E-state index in [2.05, 4.69) is 15.0 Å². The van der Waals surface area contributed by atoms with Crippen molar-refractivity contribution in [3.05, 3.63) is 70.9 Å². The van der Waals surface area contributed by atoms with Gasteiger partial charge in [-0.05, 0) is 56.2 Å². The van der Waals surface area contributed by atoms with Crippen molar-refractivity contribution in [3.63, 3.8) is 0 Å². The van der Waals surface area contributed by atoms with Crippen LogP contribution in [0.4, 0.5) is 5.82 Å². The molecule has 1 unspecified atom stereocenters. The summed E-state index contributed by atoms with van der Waals surface area (Å²) in [5.41, 5.74) is 3.18. The van der Waals surface area contributed by atoms with Crippen molar-refractivity contribution >= 4 is 34.4 Å². The molecule has 0 aliphatic carbocycles. The van der Waals surface area contributed by atoms with E-state index in [9.17, 15) is 4.79 Å². The molecule has 4 aromatic rings. The molecular formula is C23H22ClN5O2. The zero-order valence-corrected chi connectivity index (χ0v) is 17.8. The molecule has 1 atom stereocenters. The first-order valence-corrected chi connectivity index (χ1v) is 10.7. The number of halogens is 1. The molecule has 1 saturated heterocycles. The van der Waals surface area contributed by atoms with Gasteiger partial charge in [0.15, 0.2) is 0 Å². The molecule has 5 rings (SSSR count). The van der Waals surface area contributed by atoms with E-state index in [1.165, 1.54) is 0 Å². The number of anilines is 1. The van der Waals surface area contributed by atoms with Crippen molar-refractivity contribution in [2.45, 2.75) is 32.4 Å². The van der Waals surface area contributed by atoms with Crippen LogP contribution in [0.15, 0.2) is 54.6 Å². The van der Waals surface area contributed by atoms with Crippen LogP contribution in [0, 0.1) is 6.92 Å². The van der Waals surface area contributed by atoms with Crippen LogP contribution in [0.2, 0.25) is 5.02 Å². The van der Waals surface area contributed by atoms with Gasteiger partial charge in [-0.3, -0.25) is 4.79 Å². The fourth-order valence-corrected chi connectivity index (χ4v) is 4.05. The second-order valence-corrected chi connectivity index (χ2v) is 8.13. The van der Waals surface area contributed by atoms with E-state index in [-0.39, 0.29) is 12.0 Å². The Bertz CT molecular complexity index is 1240. The van der Waals surface area contributed by atoms with E-state index < -0.39 is 0 Å². The van der Waals surface area contributed by atoms with Gasteiger partial charge >= 0.3 is 0 Å². The number of aromatic nitrogens is 4. The van der Waals surface area contributed by atoms with Crippen molar-refractivity contribution in [1.29, 1.82) is 0 Å². The number of nitrogens with zero attached hydrogens (tertiary/aromatic N) is 4. The Morgan fingerprint density at radius 3 is 2.81 bits per heavy atom. The van der Waals surface area contributed by atoms with Gasteiger partial charge in [0.1, 0.15) is 5.82 Å². The topological polar surface area (TPSA) is 74.0 Å². The van der Waals surface area contributed by atoms with Crippen LogP contribution in [0.5, 0.6) is 0 Å². The molecule has 3 heterocycles. The van der Waals surface area contributed by atoms with Gasteiger partial charge in [0.25, 0.3) is 5.91 Å². The molecule has 1 amide bonds. The van der Waals surface area contributed by atoms with Gasteiger partial charge in [0.2, 0.25) is 5.95 Å². The van der Waals surface area contributed by atoms with Crippen molar-refractivity contribution in [2.24, 2.45) is 0 Å². The van der Waals surface area contributed by atoms with Gasteiger partial charge in [-0.15, -0.1) is 0 Å². The molecule has 158 valence electrons. The van der Waals surface area contributed by atoms with Gasteiger partial charge < -0.3 is 14.6 Å². The number of carbonyl (C=O) groups is 1. The molecule has 0 radical (unpaired) electrons. The Kier molecular flexibility index (Phi) is 5.21. The number of carbonyl (C=O) groups excluding carboxylic acids is 1. The Morgan fingerprint density at radius 1 is 1.23 bits per heavy atom. The van der Waals surface area contributed by atoms with Crippen LogP contribution >= 0.6 is 11.6 Å². The summed E-state index contributed by atoms with van der Waals surface area (Å²) >= 11 is 5.94. The lowest BCUT2D eigenvalue weighted by atomic mass is 10.2. The van der Waals surface area contributed by atoms with E-state index in [1.54, 1.807) is 28.9 Å². The van der Waals surface area contributed by atoms with Gasteiger partial charge in [-0.2, -0.15) is 9.78 Å². The van der Waals surface area contributed by atoms with Gasteiger partial charge in [-0.25, -0.2) is 4.98 Å². The molecule has 1 fully saturated rings. The van der Waals surface area contributed by atoms with Crippen molar-refractivity contribution < 1.29 is 9.53 Å². The molecule has 8 heteroatoms. The summed E-state index contributed by atoms with van der Waals surface area (Å²) in [6.45, 7) is 3.36. The number of amides is 1. The average molecular weight is 436 g/mol. The highest BCUT2D eigenvalue weighted by Crippen LogP contribution is 2.25. The highest BCUT2D eigenvalue weighted by molar-refractivity contribution is 6.30. The molecule has 2 aromatic heterocycles. The van der Waals surface area contributed by atoms with Crippen LogP contribution in [0.25, 0.3) is 17.0 Å². The molecular weight excluding hydrogens is 414 g/mol. The van der Waals surface area contributed by atoms with Crippen LogP contribution < -0.4 is 5.32 Å². The molecule has 1 aliphatic heterocycles. The van der Waals surface area contributed by atoms with E-state index in [4.69, 9.17) is 21.3 Å². The number of nitrogens with one attached hydrogen (secondary N) is 1. The standard InChI is InChI=1S/C23H22ClN5O2/c1-15-13-21(26-22(30)16-8-10-17(24)11-9-16)29(27-15)23-25-19-6-2-3-7-20(19)28(23)14-18-5-4-12-31-18/h2-3,6-11,13,18H,4-5,12,14H2,1H3,(H,26,30). The molecule has 0 saturated carbocycles. The monoisotopic (exact) mass is 435 g/mol. The molecule has 7 nitrogen and oxygen atoms in total. The fourth-order valence-electron chi connectivity index (χ4n) is 3.93. The number of imidazole rings is 1. The average Bonchev–Trinajstić information content (AvgIpc) is 3.48. The highest BCUT2D eigenvalue weighted by atomic mass is 35.5. The lowest BCUT2D eigenvalue weighted by Gasteiger charge is -2.15. The maximum atomic E-state index is 12.8. The summed E-state index contributed by atoms with van der Waals surface area (Å²) in [5, 5.41) is 8.18. The Labute approximate surface area is 184 Å². The third-order valence-corrected chi connectivity index (χ3v) is 5.67. The third-order valence-electron chi connectivity index (χ3n) is 5.41. The molecule has 0 spiro atoms. The van der Waals surface area contributed by atoms with Crippen LogP contribution in [-0.4, -0.2) is 37.9 Å². The smallest absolute Gasteiger partial charge is 0.256 e. The Hall–Kier alpha value is -3.16. The number of hydrogen-bond donors (Lipinski definition) is 1. The van der Waals surface area contributed by atoms with E-state index in [0.717, 1.165) is 36.2 Å². The number of para-hydroxylation sites is 2. The number of benzene rings is 2. The maximum Gasteiger partial charge on any atom is 0.256 e. The zero-order valence-electron chi connectivity index (χ0n) is 17.1. The SMILES string of the molecule is Cc1cc(NC(=O)c2ccc(Cl)cc2)n(-c2nc3ccccc3n2CC2CCCO2)n1. The second kappa shape index (κ2) is 8.17. The third kappa shape index (κ3) is 3.94. The first-order valence-electron chi connectivity index (χ1n) is 10.3. The summed E-state index contributed by atoms with van der Waals surface area (Å²) in [7, 11) is 0. The van der Waals surface area contributed by atoms with E-state index in [0.29, 0.717) is 28.9 Å². The van der Waals surface area contributed by atoms with Gasteiger partial charge in [-0.1, -0.05) is 23.7 Å². The predicted octanol–water partition coefficient (Wildman–Crippen LogP) is 4.62. The van der Waals surface area contributed by atoms with Gasteiger partial charge in [0.05, 0.1) is 29.4 Å². The molecule has 1 N–H and O–H groups in total. The summed E-state index contributed by atoms with van der Waals surface area (Å²) in [5.74, 6) is 0.970. The van der Waals surface area contributed by atoms with Crippen LogP contribution in [0.3, 0.4) is 0 Å². The van der Waals surface area contributed by atoms with E-state index >= 15 is 0 Å². The minimum Gasteiger partial charge on any atom is -0.376 e. The van der Waals surface area contributed by atoms with Gasteiger partial charge in [0, 0.05) is 23.3 Å².